The molecular weight excluding hydrogens is 244 g/mol. The summed E-state index contributed by atoms with van der Waals surface area (Å²) in [6, 6.07) is -0.615. The molecule has 110 valence electrons. The Morgan fingerprint density at radius 3 is 2.58 bits per heavy atom. The zero-order valence-corrected chi connectivity index (χ0v) is 12.2. The Balaban J connectivity index is 2.60. The van der Waals surface area contributed by atoms with E-state index in [-0.39, 0.29) is 24.5 Å². The number of amides is 2. The molecule has 2 N–H and O–H groups in total. The molecule has 0 bridgehead atoms. The van der Waals surface area contributed by atoms with Gasteiger partial charge in [-0.3, -0.25) is 9.59 Å². The summed E-state index contributed by atoms with van der Waals surface area (Å²) in [6.07, 6.45) is 2.72. The van der Waals surface area contributed by atoms with Crippen LogP contribution in [0.5, 0.6) is 0 Å². The minimum absolute atomic E-state index is 0.0612. The minimum Gasteiger partial charge on any atom is -0.394 e. The van der Waals surface area contributed by atoms with E-state index in [0.29, 0.717) is 25.3 Å². The number of carbonyl (C=O) groups is 2. The first kappa shape index (κ1) is 16.0. The standard InChI is InChI=1S/C14H26N2O3/c1-4-12(16-7-5-6-13(16)18)14(19)15-11(9-17)8-10(2)3/h10-12,17H,4-9H2,1-3H3,(H,15,19)/t11-,12-/m1/s1. The van der Waals surface area contributed by atoms with E-state index in [1.807, 2.05) is 6.92 Å². The minimum atomic E-state index is -0.392. The predicted molar refractivity (Wildman–Crippen MR) is 73.5 cm³/mol. The maximum absolute atomic E-state index is 12.2. The number of nitrogens with zero attached hydrogens (tertiary/aromatic N) is 1. The maximum atomic E-state index is 12.2. The maximum Gasteiger partial charge on any atom is 0.243 e. The van der Waals surface area contributed by atoms with Crippen LogP contribution < -0.4 is 5.32 Å². The summed E-state index contributed by atoms with van der Waals surface area (Å²) in [7, 11) is 0. The van der Waals surface area contributed by atoms with Crippen LogP contribution in [0.2, 0.25) is 0 Å². The van der Waals surface area contributed by atoms with Gasteiger partial charge in [-0.1, -0.05) is 20.8 Å². The van der Waals surface area contributed by atoms with Crippen LogP contribution in [0.3, 0.4) is 0 Å². The highest BCUT2D eigenvalue weighted by Crippen LogP contribution is 2.16. The van der Waals surface area contributed by atoms with Crippen LogP contribution in [-0.2, 0) is 9.59 Å². The smallest absolute Gasteiger partial charge is 0.243 e. The Hall–Kier alpha value is -1.10. The number of aliphatic hydroxyl groups excluding tert-OH is 1. The van der Waals surface area contributed by atoms with Crippen LogP contribution in [0.4, 0.5) is 0 Å². The molecule has 1 aliphatic heterocycles. The zero-order chi connectivity index (χ0) is 14.4. The van der Waals surface area contributed by atoms with Crippen molar-refractivity contribution >= 4 is 11.8 Å². The van der Waals surface area contributed by atoms with Gasteiger partial charge >= 0.3 is 0 Å². The van der Waals surface area contributed by atoms with Crippen molar-refractivity contribution in [2.45, 2.75) is 58.5 Å². The van der Waals surface area contributed by atoms with Gasteiger partial charge in [0.25, 0.3) is 0 Å². The summed E-state index contributed by atoms with van der Waals surface area (Å²) in [5, 5.41) is 12.2. The van der Waals surface area contributed by atoms with Gasteiger partial charge in [-0.2, -0.15) is 0 Å². The third kappa shape index (κ3) is 4.49. The first-order chi connectivity index (χ1) is 8.99. The average Bonchev–Trinajstić information content (AvgIpc) is 2.75. The van der Waals surface area contributed by atoms with Gasteiger partial charge in [0.05, 0.1) is 12.6 Å². The molecule has 0 spiro atoms. The van der Waals surface area contributed by atoms with Gasteiger partial charge < -0.3 is 15.3 Å². The first-order valence-electron chi connectivity index (χ1n) is 7.20. The molecule has 1 aliphatic rings. The number of carbonyl (C=O) groups excluding carboxylic acids is 2. The van der Waals surface area contributed by atoms with Crippen LogP contribution in [-0.4, -0.2) is 47.1 Å². The highest BCUT2D eigenvalue weighted by Gasteiger charge is 2.32. The molecule has 5 nitrogen and oxygen atoms in total. The van der Waals surface area contributed by atoms with E-state index in [2.05, 4.69) is 19.2 Å². The molecule has 1 saturated heterocycles. The highest BCUT2D eigenvalue weighted by molar-refractivity contribution is 5.88. The fraction of sp³-hybridized carbons (Fsp3) is 0.857. The van der Waals surface area contributed by atoms with Crippen LogP contribution >= 0.6 is 0 Å². The molecule has 5 heteroatoms. The van der Waals surface area contributed by atoms with Gasteiger partial charge in [-0.15, -0.1) is 0 Å². The summed E-state index contributed by atoms with van der Waals surface area (Å²) in [6.45, 7) is 6.62. The molecule has 2 atom stereocenters. The number of hydrogen-bond acceptors (Lipinski definition) is 3. The van der Waals surface area contributed by atoms with Gasteiger partial charge in [-0.25, -0.2) is 0 Å². The van der Waals surface area contributed by atoms with Gasteiger partial charge in [-0.05, 0) is 25.2 Å². The molecule has 0 radical (unpaired) electrons. The number of aliphatic hydroxyl groups is 1. The lowest BCUT2D eigenvalue weighted by Crippen LogP contribution is -2.51. The fourth-order valence-corrected chi connectivity index (χ4v) is 2.59. The number of rotatable bonds is 7. The fourth-order valence-electron chi connectivity index (χ4n) is 2.59. The van der Waals surface area contributed by atoms with Crippen molar-refractivity contribution in [2.75, 3.05) is 13.2 Å². The van der Waals surface area contributed by atoms with Crippen molar-refractivity contribution in [1.82, 2.24) is 10.2 Å². The van der Waals surface area contributed by atoms with Crippen LogP contribution in [0.25, 0.3) is 0 Å². The monoisotopic (exact) mass is 270 g/mol. The van der Waals surface area contributed by atoms with Gasteiger partial charge in [0.1, 0.15) is 6.04 Å². The molecule has 0 aromatic carbocycles. The molecular formula is C14H26N2O3. The molecule has 0 aromatic heterocycles. The lowest BCUT2D eigenvalue weighted by molar-refractivity contribution is -0.138. The summed E-state index contributed by atoms with van der Waals surface area (Å²) in [4.78, 5) is 25.6. The molecule has 0 aliphatic carbocycles. The topological polar surface area (TPSA) is 69.6 Å². The van der Waals surface area contributed by atoms with Crippen LogP contribution in [0.1, 0.15) is 46.5 Å². The van der Waals surface area contributed by atoms with E-state index in [1.165, 1.54) is 0 Å². The Labute approximate surface area is 115 Å². The second-order valence-electron chi connectivity index (χ2n) is 5.63. The highest BCUT2D eigenvalue weighted by atomic mass is 16.3. The van der Waals surface area contributed by atoms with E-state index in [4.69, 9.17) is 0 Å². The number of nitrogens with one attached hydrogen (secondary N) is 1. The van der Waals surface area contributed by atoms with E-state index in [0.717, 1.165) is 12.8 Å². The Morgan fingerprint density at radius 1 is 1.47 bits per heavy atom. The van der Waals surface area contributed by atoms with Crippen molar-refractivity contribution in [2.24, 2.45) is 5.92 Å². The summed E-state index contributed by atoms with van der Waals surface area (Å²) < 4.78 is 0. The molecule has 1 rings (SSSR count). The molecule has 1 fully saturated rings. The van der Waals surface area contributed by atoms with Gasteiger partial charge in [0, 0.05) is 13.0 Å². The number of hydrogen-bond donors (Lipinski definition) is 2. The average molecular weight is 270 g/mol. The van der Waals surface area contributed by atoms with Crippen LogP contribution in [0, 0.1) is 5.92 Å². The Morgan fingerprint density at radius 2 is 2.16 bits per heavy atom. The van der Waals surface area contributed by atoms with Crippen molar-refractivity contribution in [3.63, 3.8) is 0 Å². The molecule has 0 aromatic rings. The SMILES string of the molecule is CC[C@H](C(=O)N[C@@H](CO)CC(C)C)N1CCCC1=O. The normalized spacial score (nSPS) is 18.8. The third-order valence-electron chi connectivity index (χ3n) is 3.50. The summed E-state index contributed by atoms with van der Waals surface area (Å²) in [5.74, 6) is 0.329. The van der Waals surface area contributed by atoms with E-state index < -0.39 is 6.04 Å². The third-order valence-corrected chi connectivity index (χ3v) is 3.50. The second kappa shape index (κ2) is 7.48. The zero-order valence-electron chi connectivity index (χ0n) is 12.2. The van der Waals surface area contributed by atoms with Gasteiger partial charge in [0.15, 0.2) is 0 Å². The second-order valence-corrected chi connectivity index (χ2v) is 5.63. The van der Waals surface area contributed by atoms with Gasteiger partial charge in [0.2, 0.25) is 11.8 Å². The number of likely N-dealkylation sites (tertiary alicyclic amines) is 1. The van der Waals surface area contributed by atoms with E-state index in [1.54, 1.807) is 4.90 Å². The molecule has 1 heterocycles. The molecule has 2 amide bonds. The van der Waals surface area contributed by atoms with Crippen molar-refractivity contribution in [1.29, 1.82) is 0 Å². The Kier molecular flexibility index (Phi) is 6.28. The van der Waals surface area contributed by atoms with E-state index >= 15 is 0 Å². The lowest BCUT2D eigenvalue weighted by Gasteiger charge is -2.28. The predicted octanol–water partition coefficient (Wildman–Crippen LogP) is 0.911. The quantitative estimate of drug-likeness (QED) is 0.722. The molecule has 0 saturated carbocycles. The van der Waals surface area contributed by atoms with E-state index in [9.17, 15) is 14.7 Å². The molecule has 0 unspecified atom stereocenters. The molecule has 19 heavy (non-hydrogen) atoms. The lowest BCUT2D eigenvalue weighted by atomic mass is 10.0. The largest absolute Gasteiger partial charge is 0.394 e. The van der Waals surface area contributed by atoms with Crippen molar-refractivity contribution in [3.8, 4) is 0 Å². The summed E-state index contributed by atoms with van der Waals surface area (Å²) >= 11 is 0. The van der Waals surface area contributed by atoms with Crippen molar-refractivity contribution < 1.29 is 14.7 Å². The van der Waals surface area contributed by atoms with Crippen molar-refractivity contribution in [3.05, 3.63) is 0 Å². The summed E-state index contributed by atoms with van der Waals surface area (Å²) in [5.41, 5.74) is 0. The van der Waals surface area contributed by atoms with Crippen LogP contribution in [0.15, 0.2) is 0 Å². The Bertz CT molecular complexity index is 318. The first-order valence-corrected chi connectivity index (χ1v) is 7.20.